The predicted octanol–water partition coefficient (Wildman–Crippen LogP) is 3.66. The molecule has 2 N–H and O–H groups in total. The molecule has 3 rings (SSSR count). The molecule has 0 bridgehead atoms. The Bertz CT molecular complexity index is 665. The summed E-state index contributed by atoms with van der Waals surface area (Å²) in [5, 5.41) is 2.95. The largest absolute Gasteiger partial charge is 0.350 e. The number of amides is 1. The standard InChI is InChI=1S/C17H25N3OS/c1-11(2)18-17(21)14-9-15-16(19-14)13(12(3)22-15)10-20-7-5-4-6-8-20/h9,11,19H,4-8,10H2,1-3H3,(H,18,21). The molecule has 1 fully saturated rings. The highest BCUT2D eigenvalue weighted by atomic mass is 32.1. The first kappa shape index (κ1) is 15.6. The molecule has 1 aliphatic heterocycles. The number of carbonyl (C=O) groups excluding carboxylic acids is 1. The average molecular weight is 319 g/mol. The van der Waals surface area contributed by atoms with Gasteiger partial charge in [0.15, 0.2) is 0 Å². The van der Waals surface area contributed by atoms with Crippen LogP contribution in [0.2, 0.25) is 0 Å². The first-order chi connectivity index (χ1) is 10.5. The molecule has 0 spiro atoms. The number of nitrogens with one attached hydrogen (secondary N) is 2. The van der Waals surface area contributed by atoms with Gasteiger partial charge in [-0.25, -0.2) is 0 Å². The lowest BCUT2D eigenvalue weighted by Gasteiger charge is -2.26. The summed E-state index contributed by atoms with van der Waals surface area (Å²) in [6.45, 7) is 9.53. The molecule has 1 saturated heterocycles. The SMILES string of the molecule is Cc1sc2cc(C(=O)NC(C)C)[nH]c2c1CN1CCCCC1. The van der Waals surface area contributed by atoms with Crippen LogP contribution in [0.4, 0.5) is 0 Å². The second kappa shape index (κ2) is 6.42. The number of hydrogen-bond acceptors (Lipinski definition) is 3. The van der Waals surface area contributed by atoms with Crippen molar-refractivity contribution in [2.75, 3.05) is 13.1 Å². The molecular weight excluding hydrogens is 294 g/mol. The van der Waals surface area contributed by atoms with E-state index in [1.165, 1.54) is 47.5 Å². The fourth-order valence-electron chi connectivity index (χ4n) is 3.14. The van der Waals surface area contributed by atoms with Gasteiger partial charge in [0.25, 0.3) is 5.91 Å². The van der Waals surface area contributed by atoms with E-state index >= 15 is 0 Å². The van der Waals surface area contributed by atoms with E-state index in [9.17, 15) is 4.79 Å². The van der Waals surface area contributed by atoms with E-state index < -0.39 is 0 Å². The molecule has 22 heavy (non-hydrogen) atoms. The van der Waals surface area contributed by atoms with E-state index in [1.54, 1.807) is 11.3 Å². The second-order valence-corrected chi connectivity index (χ2v) is 7.78. The number of aromatic nitrogens is 1. The summed E-state index contributed by atoms with van der Waals surface area (Å²) in [6, 6.07) is 2.15. The van der Waals surface area contributed by atoms with Crippen molar-refractivity contribution in [2.45, 2.75) is 52.6 Å². The van der Waals surface area contributed by atoms with Crippen molar-refractivity contribution in [1.82, 2.24) is 15.2 Å². The molecule has 0 radical (unpaired) electrons. The molecule has 4 nitrogen and oxygen atoms in total. The summed E-state index contributed by atoms with van der Waals surface area (Å²) >= 11 is 1.79. The summed E-state index contributed by atoms with van der Waals surface area (Å²) in [5.41, 5.74) is 3.20. The molecule has 2 aromatic rings. The van der Waals surface area contributed by atoms with Crippen LogP contribution < -0.4 is 5.32 Å². The summed E-state index contributed by atoms with van der Waals surface area (Å²) in [7, 11) is 0. The highest BCUT2D eigenvalue weighted by Crippen LogP contribution is 2.32. The fourth-order valence-corrected chi connectivity index (χ4v) is 4.21. The molecule has 0 unspecified atom stereocenters. The van der Waals surface area contributed by atoms with Gasteiger partial charge in [-0.3, -0.25) is 9.69 Å². The quantitative estimate of drug-likeness (QED) is 0.903. The molecule has 0 aliphatic carbocycles. The number of thiophene rings is 1. The Balaban J connectivity index is 1.84. The van der Waals surface area contributed by atoms with Gasteiger partial charge in [-0.05, 0) is 52.8 Å². The molecule has 120 valence electrons. The topological polar surface area (TPSA) is 48.1 Å². The van der Waals surface area contributed by atoms with Crippen LogP contribution in [0.15, 0.2) is 6.07 Å². The maximum atomic E-state index is 12.2. The Hall–Kier alpha value is -1.33. The van der Waals surface area contributed by atoms with E-state index in [-0.39, 0.29) is 11.9 Å². The van der Waals surface area contributed by atoms with Crippen molar-refractivity contribution < 1.29 is 4.79 Å². The van der Waals surface area contributed by atoms with Crippen molar-refractivity contribution in [2.24, 2.45) is 0 Å². The zero-order chi connectivity index (χ0) is 15.7. The zero-order valence-electron chi connectivity index (χ0n) is 13.7. The fraction of sp³-hybridized carbons (Fsp3) is 0.588. The van der Waals surface area contributed by atoms with Gasteiger partial charge in [-0.2, -0.15) is 0 Å². The van der Waals surface area contributed by atoms with Crippen LogP contribution in [0.3, 0.4) is 0 Å². The Morgan fingerprint density at radius 3 is 2.77 bits per heavy atom. The lowest BCUT2D eigenvalue weighted by Crippen LogP contribution is -2.30. The molecular formula is C17H25N3OS. The van der Waals surface area contributed by atoms with Gasteiger partial charge in [-0.1, -0.05) is 6.42 Å². The highest BCUT2D eigenvalue weighted by Gasteiger charge is 2.19. The summed E-state index contributed by atoms with van der Waals surface area (Å²) in [6.07, 6.45) is 3.97. The molecule has 1 amide bonds. The van der Waals surface area contributed by atoms with E-state index in [1.807, 2.05) is 19.9 Å². The maximum Gasteiger partial charge on any atom is 0.267 e. The minimum Gasteiger partial charge on any atom is -0.350 e. The third kappa shape index (κ3) is 3.20. The van der Waals surface area contributed by atoms with Gasteiger partial charge in [0.05, 0.1) is 10.2 Å². The minimum absolute atomic E-state index is 0.0139. The van der Waals surface area contributed by atoms with Gasteiger partial charge in [0.1, 0.15) is 5.69 Å². The van der Waals surface area contributed by atoms with E-state index in [4.69, 9.17) is 0 Å². The van der Waals surface area contributed by atoms with E-state index in [0.29, 0.717) is 5.69 Å². The number of carbonyl (C=O) groups is 1. The third-order valence-electron chi connectivity index (χ3n) is 4.27. The molecule has 0 saturated carbocycles. The van der Waals surface area contributed by atoms with E-state index in [0.717, 1.165) is 12.1 Å². The van der Waals surface area contributed by atoms with Gasteiger partial charge in [0, 0.05) is 23.0 Å². The van der Waals surface area contributed by atoms with Crippen molar-refractivity contribution in [3.63, 3.8) is 0 Å². The first-order valence-electron chi connectivity index (χ1n) is 8.19. The van der Waals surface area contributed by atoms with Crippen molar-refractivity contribution in [1.29, 1.82) is 0 Å². The third-order valence-corrected chi connectivity index (χ3v) is 5.36. The van der Waals surface area contributed by atoms with Crippen LogP contribution in [0.25, 0.3) is 10.2 Å². The number of hydrogen-bond donors (Lipinski definition) is 2. The predicted molar refractivity (Wildman–Crippen MR) is 92.6 cm³/mol. The molecule has 0 aromatic carbocycles. The number of likely N-dealkylation sites (tertiary alicyclic amines) is 1. The zero-order valence-corrected chi connectivity index (χ0v) is 14.5. The van der Waals surface area contributed by atoms with Crippen LogP contribution in [-0.4, -0.2) is 34.9 Å². The molecule has 3 heterocycles. The Morgan fingerprint density at radius 1 is 1.36 bits per heavy atom. The highest BCUT2D eigenvalue weighted by molar-refractivity contribution is 7.19. The number of fused-ring (bicyclic) bond motifs is 1. The normalized spacial score (nSPS) is 16.5. The number of nitrogens with zero attached hydrogens (tertiary/aromatic N) is 1. The lowest BCUT2D eigenvalue weighted by molar-refractivity contribution is 0.0939. The van der Waals surface area contributed by atoms with Crippen LogP contribution >= 0.6 is 11.3 Å². The Morgan fingerprint density at radius 2 is 2.09 bits per heavy atom. The first-order valence-corrected chi connectivity index (χ1v) is 9.00. The van der Waals surface area contributed by atoms with Crippen LogP contribution in [0.1, 0.15) is 54.0 Å². The maximum absolute atomic E-state index is 12.2. The number of piperidine rings is 1. The molecule has 2 aromatic heterocycles. The number of rotatable bonds is 4. The number of aryl methyl sites for hydroxylation is 1. The average Bonchev–Trinajstić information content (AvgIpc) is 2.99. The lowest BCUT2D eigenvalue weighted by atomic mass is 10.1. The van der Waals surface area contributed by atoms with Crippen LogP contribution in [0, 0.1) is 6.92 Å². The van der Waals surface area contributed by atoms with Crippen molar-refractivity contribution >= 4 is 27.5 Å². The van der Waals surface area contributed by atoms with Gasteiger partial charge < -0.3 is 10.3 Å². The van der Waals surface area contributed by atoms with Gasteiger partial charge >= 0.3 is 0 Å². The number of H-pyrrole nitrogens is 1. The monoisotopic (exact) mass is 319 g/mol. The van der Waals surface area contributed by atoms with E-state index in [2.05, 4.69) is 22.1 Å². The smallest absolute Gasteiger partial charge is 0.267 e. The van der Waals surface area contributed by atoms with Gasteiger partial charge in [-0.15, -0.1) is 11.3 Å². The second-order valence-electron chi connectivity index (χ2n) is 6.52. The van der Waals surface area contributed by atoms with Gasteiger partial charge in [0.2, 0.25) is 0 Å². The van der Waals surface area contributed by atoms with Crippen molar-refractivity contribution in [3.05, 3.63) is 22.2 Å². The van der Waals surface area contributed by atoms with Crippen molar-refractivity contribution in [3.8, 4) is 0 Å². The number of aromatic amines is 1. The Kier molecular flexibility index (Phi) is 4.54. The Labute approximate surface area is 135 Å². The van der Waals surface area contributed by atoms with Crippen LogP contribution in [-0.2, 0) is 6.54 Å². The molecule has 0 atom stereocenters. The summed E-state index contributed by atoms with van der Waals surface area (Å²) in [5.74, 6) is -0.0139. The summed E-state index contributed by atoms with van der Waals surface area (Å²) < 4.78 is 1.19. The minimum atomic E-state index is -0.0139. The summed E-state index contributed by atoms with van der Waals surface area (Å²) in [4.78, 5) is 19.4. The molecule has 5 heteroatoms. The molecule has 1 aliphatic rings. The van der Waals surface area contributed by atoms with Crippen LogP contribution in [0.5, 0.6) is 0 Å².